The number of benzene rings is 1. The van der Waals surface area contributed by atoms with Crippen LogP contribution in [0.25, 0.3) is 0 Å². The van der Waals surface area contributed by atoms with Crippen LogP contribution in [0.2, 0.25) is 0 Å². The molecule has 0 saturated carbocycles. The summed E-state index contributed by atoms with van der Waals surface area (Å²) in [6, 6.07) is -8.69. The molecule has 1 aromatic carbocycles. The third-order valence-corrected chi connectivity index (χ3v) is 3.57. The first-order valence-electron chi connectivity index (χ1n) is 12.8. The zero-order valence-electron chi connectivity index (χ0n) is 24.8. The molecule has 3 N–H and O–H groups in total. The fourth-order valence-electron chi connectivity index (χ4n) is 2.00. The minimum absolute atomic E-state index is 0.191. The highest BCUT2D eigenvalue weighted by atomic mass is 16.3. The SMILES string of the molecule is [2H]c1c([2H])c([2H])c2c(c1[2H])C([2H])([2H])C([2H])([2H])N(C)C(=O)[C@@]2([2H])NC(=O)[C@H](C)NC(=O)[C@@]([2H])(O)C(C)C. The molecule has 3 amide bonds. The van der Waals surface area contributed by atoms with Crippen LogP contribution in [0.4, 0.5) is 0 Å². The highest BCUT2D eigenvalue weighted by Gasteiger charge is 2.32. The van der Waals surface area contributed by atoms with Crippen molar-refractivity contribution in [1.29, 1.82) is 0 Å². The molecule has 0 aliphatic carbocycles. The van der Waals surface area contributed by atoms with Crippen molar-refractivity contribution in [2.24, 2.45) is 5.92 Å². The molecule has 1 aliphatic heterocycles. The van der Waals surface area contributed by atoms with Crippen LogP contribution >= 0.6 is 0 Å². The highest BCUT2D eigenvalue weighted by Crippen LogP contribution is 2.24. The Morgan fingerprint density at radius 3 is 2.69 bits per heavy atom. The van der Waals surface area contributed by atoms with Gasteiger partial charge in [-0.25, -0.2) is 0 Å². The van der Waals surface area contributed by atoms with Crippen LogP contribution in [0.3, 0.4) is 0 Å². The molecule has 0 aromatic heterocycles. The van der Waals surface area contributed by atoms with Gasteiger partial charge in [0.1, 0.15) is 18.1 Å². The number of aliphatic hydroxyl groups is 1. The van der Waals surface area contributed by atoms with Crippen molar-refractivity contribution in [2.75, 3.05) is 13.5 Å². The zero-order chi connectivity index (χ0) is 28.3. The molecule has 26 heavy (non-hydrogen) atoms. The van der Waals surface area contributed by atoms with Crippen LogP contribution in [0.15, 0.2) is 24.2 Å². The van der Waals surface area contributed by atoms with Gasteiger partial charge in [-0.2, -0.15) is 0 Å². The van der Waals surface area contributed by atoms with Crippen molar-refractivity contribution in [3.05, 3.63) is 35.3 Å². The van der Waals surface area contributed by atoms with E-state index in [1.54, 1.807) is 0 Å². The molecular formula is C19H27N3O4. The van der Waals surface area contributed by atoms with E-state index in [4.69, 9.17) is 13.7 Å². The van der Waals surface area contributed by atoms with E-state index in [-0.39, 0.29) is 4.90 Å². The van der Waals surface area contributed by atoms with E-state index in [1.807, 2.05) is 5.32 Å². The number of hydrogen-bond donors (Lipinski definition) is 3. The van der Waals surface area contributed by atoms with Crippen molar-refractivity contribution in [3.8, 4) is 0 Å². The molecule has 2 rings (SSSR count). The first kappa shape index (κ1) is 10.1. The molecule has 3 atom stereocenters. The monoisotopic (exact) mass is 371 g/mol. The summed E-state index contributed by atoms with van der Waals surface area (Å²) in [5.41, 5.74) is -2.02. The first-order valence-corrected chi connectivity index (χ1v) is 7.83. The summed E-state index contributed by atoms with van der Waals surface area (Å²) in [5, 5.41) is 14.0. The summed E-state index contributed by atoms with van der Waals surface area (Å²) in [5.74, 6) is -4.95. The second-order valence-electron chi connectivity index (χ2n) is 5.95. The van der Waals surface area contributed by atoms with Gasteiger partial charge in [0.2, 0.25) is 17.7 Å². The normalized spacial score (nSPS) is 32.8. The van der Waals surface area contributed by atoms with Crippen LogP contribution in [0, 0.1) is 5.92 Å². The Morgan fingerprint density at radius 2 is 2.04 bits per heavy atom. The molecular weight excluding hydrogens is 334 g/mol. The summed E-state index contributed by atoms with van der Waals surface area (Å²) in [6.07, 6.45) is -5.88. The van der Waals surface area contributed by atoms with Gasteiger partial charge in [-0.05, 0) is 30.3 Å². The van der Waals surface area contributed by atoms with Gasteiger partial charge in [0.15, 0.2) is 0 Å². The lowest BCUT2D eigenvalue weighted by Gasteiger charge is -2.24. The maximum atomic E-state index is 13.3. The maximum absolute atomic E-state index is 13.3. The quantitative estimate of drug-likeness (QED) is 0.697. The van der Waals surface area contributed by atoms with Crippen LogP contribution in [0.5, 0.6) is 0 Å². The average Bonchev–Trinajstić information content (AvgIpc) is 2.79. The van der Waals surface area contributed by atoms with E-state index in [2.05, 4.69) is 5.32 Å². The summed E-state index contributed by atoms with van der Waals surface area (Å²) >= 11 is 0. The van der Waals surface area contributed by atoms with Gasteiger partial charge < -0.3 is 20.6 Å². The smallest absolute Gasteiger partial charge is 0.249 e. The Bertz CT molecular complexity index is 1130. The van der Waals surface area contributed by atoms with E-state index in [0.29, 0.717) is 0 Å². The van der Waals surface area contributed by atoms with E-state index in [1.165, 1.54) is 13.8 Å². The van der Waals surface area contributed by atoms with Crippen LogP contribution in [-0.2, 0) is 20.8 Å². The highest BCUT2D eigenvalue weighted by molar-refractivity contribution is 5.93. The van der Waals surface area contributed by atoms with Crippen LogP contribution in [-0.4, -0.2) is 53.4 Å². The molecule has 142 valence electrons. The lowest BCUT2D eigenvalue weighted by Crippen LogP contribution is -2.51. The fourth-order valence-corrected chi connectivity index (χ4v) is 2.00. The van der Waals surface area contributed by atoms with Crippen LogP contribution < -0.4 is 10.6 Å². The molecule has 0 unspecified atom stereocenters. The minimum Gasteiger partial charge on any atom is -0.383 e. The van der Waals surface area contributed by atoms with Gasteiger partial charge in [0, 0.05) is 19.0 Å². The lowest BCUT2D eigenvalue weighted by molar-refractivity contribution is -0.137. The summed E-state index contributed by atoms with van der Waals surface area (Å²) < 4.78 is 82.0. The van der Waals surface area contributed by atoms with Crippen LogP contribution in [0.1, 0.15) is 51.6 Å². The number of nitrogens with one attached hydrogen (secondary N) is 2. The molecule has 1 heterocycles. The molecule has 1 aliphatic rings. The number of carbonyl (C=O) groups is 3. The van der Waals surface area contributed by atoms with E-state index in [0.717, 1.165) is 14.0 Å². The third-order valence-electron chi connectivity index (χ3n) is 3.57. The molecule has 0 fully saturated rings. The summed E-state index contributed by atoms with van der Waals surface area (Å²) in [6.45, 7) is 0.630. The largest absolute Gasteiger partial charge is 0.383 e. The van der Waals surface area contributed by atoms with Crippen molar-refractivity contribution in [3.63, 3.8) is 0 Å². The molecule has 1 aromatic rings. The topological polar surface area (TPSA) is 98.7 Å². The summed E-state index contributed by atoms with van der Waals surface area (Å²) in [4.78, 5) is 38.7. The molecule has 0 bridgehead atoms. The van der Waals surface area contributed by atoms with Gasteiger partial charge in [-0.3, -0.25) is 14.4 Å². The molecule has 7 heteroatoms. The van der Waals surface area contributed by atoms with Gasteiger partial charge >= 0.3 is 0 Å². The van der Waals surface area contributed by atoms with Gasteiger partial charge in [-0.15, -0.1) is 0 Å². The fraction of sp³-hybridized carbons (Fsp3) is 0.526. The summed E-state index contributed by atoms with van der Waals surface area (Å²) in [7, 11) is 0.811. The number of hydrogen-bond acceptors (Lipinski definition) is 4. The van der Waals surface area contributed by atoms with E-state index >= 15 is 0 Å². The number of amides is 3. The predicted molar refractivity (Wildman–Crippen MR) is 97.1 cm³/mol. The minimum atomic E-state index is -3.25. The molecule has 0 saturated heterocycles. The first-order chi connectivity index (χ1) is 16.1. The molecule has 7 nitrogen and oxygen atoms in total. The van der Waals surface area contributed by atoms with Gasteiger partial charge in [-0.1, -0.05) is 38.0 Å². The van der Waals surface area contributed by atoms with E-state index < -0.39 is 89.9 Å². The Kier molecular flexibility index (Phi) is 3.22. The van der Waals surface area contributed by atoms with Crippen molar-refractivity contribution < 1.29 is 33.2 Å². The Hall–Kier alpha value is -2.41. The Labute approximate surface area is 167 Å². The standard InChI is InChI=1S/C19H27N3O4/c1-11(2)16(23)18(25)20-12(3)17(24)21-15-14-8-6-5-7-13(14)9-10-22(4)19(15)26/h5-8,11-12,15-16,23H,9-10H2,1-4H3,(H,20,25)(H,21,24)/t12-,15-,16-/m0/s1/i5D,6D,7D,8D,9D2,10D2,15D,16D. The Morgan fingerprint density at radius 1 is 1.38 bits per heavy atom. The zero-order valence-corrected chi connectivity index (χ0v) is 14.8. The number of rotatable bonds is 5. The van der Waals surface area contributed by atoms with E-state index in [9.17, 15) is 19.5 Å². The second-order valence-corrected chi connectivity index (χ2v) is 5.95. The second kappa shape index (κ2) is 8.31. The maximum Gasteiger partial charge on any atom is 0.249 e. The number of likely N-dealkylation sites (N-methyl/N-ethyl adjacent to an activating group) is 1. The molecule has 0 radical (unpaired) electrons. The predicted octanol–water partition coefficient (Wildman–Crippen LogP) is 0.380. The van der Waals surface area contributed by atoms with Crippen molar-refractivity contribution in [2.45, 2.75) is 45.3 Å². The van der Waals surface area contributed by atoms with Gasteiger partial charge in [0.25, 0.3) is 0 Å². The Balaban J connectivity index is 2.73. The number of fused-ring (bicyclic) bond motifs is 1. The number of nitrogens with zero attached hydrogens (tertiary/aromatic N) is 1. The lowest BCUT2D eigenvalue weighted by atomic mass is 9.99. The van der Waals surface area contributed by atoms with Crippen molar-refractivity contribution in [1.82, 2.24) is 15.5 Å². The average molecular weight is 372 g/mol. The third kappa shape index (κ3) is 4.40. The number of carbonyl (C=O) groups excluding carboxylic acids is 3. The van der Waals surface area contributed by atoms with Crippen molar-refractivity contribution >= 4 is 17.7 Å². The molecule has 0 spiro atoms. The van der Waals surface area contributed by atoms with Gasteiger partial charge in [0.05, 0.1) is 8.22 Å².